The second-order valence-corrected chi connectivity index (χ2v) is 4.88. The molecule has 0 aliphatic rings. The van der Waals surface area contributed by atoms with E-state index in [-0.39, 0.29) is 10.2 Å². The maximum Gasteiger partial charge on any atom is 0.387 e. The maximum absolute atomic E-state index is 13.1. The maximum atomic E-state index is 13.1. The van der Waals surface area contributed by atoms with E-state index in [0.29, 0.717) is 11.1 Å². The molecule has 0 heterocycles. The SMILES string of the molecule is OC(c1ccc(OC(F)F)cc1)c1ccc(F)c(Br)c1. The standard InChI is InChI=1S/C14H10BrF3O2/c15-11-7-9(3-6-12(11)16)13(19)8-1-4-10(5-2-8)20-14(17)18/h1-7,13-14,19H. The third-order valence-corrected chi connectivity index (χ3v) is 3.29. The van der Waals surface area contributed by atoms with Crippen LogP contribution in [0, 0.1) is 5.82 Å². The van der Waals surface area contributed by atoms with Crippen LogP contribution in [0.15, 0.2) is 46.9 Å². The van der Waals surface area contributed by atoms with E-state index in [1.807, 2.05) is 0 Å². The van der Waals surface area contributed by atoms with Gasteiger partial charge >= 0.3 is 6.61 Å². The summed E-state index contributed by atoms with van der Waals surface area (Å²) in [6.45, 7) is -2.89. The van der Waals surface area contributed by atoms with E-state index in [1.165, 1.54) is 42.5 Å². The van der Waals surface area contributed by atoms with Crippen molar-refractivity contribution in [2.45, 2.75) is 12.7 Å². The molecular formula is C14H10BrF3O2. The lowest BCUT2D eigenvalue weighted by Gasteiger charge is -2.13. The normalized spacial score (nSPS) is 12.5. The van der Waals surface area contributed by atoms with Crippen molar-refractivity contribution in [3.05, 3.63) is 63.9 Å². The smallest absolute Gasteiger partial charge is 0.387 e. The van der Waals surface area contributed by atoms with Crippen LogP contribution in [0.25, 0.3) is 0 Å². The van der Waals surface area contributed by atoms with Crippen LogP contribution >= 0.6 is 15.9 Å². The average molecular weight is 347 g/mol. The number of ether oxygens (including phenoxy) is 1. The molecule has 0 spiro atoms. The quantitative estimate of drug-likeness (QED) is 0.895. The molecule has 0 amide bonds. The van der Waals surface area contributed by atoms with Crippen molar-refractivity contribution in [1.29, 1.82) is 0 Å². The number of aliphatic hydroxyl groups is 1. The zero-order valence-corrected chi connectivity index (χ0v) is 11.6. The van der Waals surface area contributed by atoms with Crippen LogP contribution in [0.2, 0.25) is 0 Å². The van der Waals surface area contributed by atoms with E-state index in [4.69, 9.17) is 0 Å². The minimum atomic E-state index is -2.89. The molecule has 0 fully saturated rings. The Morgan fingerprint density at radius 3 is 2.15 bits per heavy atom. The number of hydrogen-bond donors (Lipinski definition) is 1. The topological polar surface area (TPSA) is 29.5 Å². The zero-order valence-electron chi connectivity index (χ0n) is 10.1. The zero-order chi connectivity index (χ0) is 14.7. The number of rotatable bonds is 4. The molecule has 1 unspecified atom stereocenters. The highest BCUT2D eigenvalue weighted by atomic mass is 79.9. The summed E-state index contributed by atoms with van der Waals surface area (Å²) in [6, 6.07) is 9.76. The van der Waals surface area contributed by atoms with Crippen molar-refractivity contribution in [1.82, 2.24) is 0 Å². The highest BCUT2D eigenvalue weighted by Gasteiger charge is 2.13. The molecule has 0 aliphatic heterocycles. The summed E-state index contributed by atoms with van der Waals surface area (Å²) in [5.41, 5.74) is 0.978. The van der Waals surface area contributed by atoms with E-state index in [2.05, 4.69) is 20.7 Å². The first kappa shape index (κ1) is 14.9. The third-order valence-electron chi connectivity index (χ3n) is 2.68. The Balaban J connectivity index is 2.20. The van der Waals surface area contributed by atoms with Gasteiger partial charge in [0.15, 0.2) is 0 Å². The van der Waals surface area contributed by atoms with E-state index in [0.717, 1.165) is 0 Å². The van der Waals surface area contributed by atoms with Gasteiger partial charge in [0.1, 0.15) is 17.7 Å². The number of alkyl halides is 2. The molecule has 2 rings (SSSR count). The fraction of sp³-hybridized carbons (Fsp3) is 0.143. The molecule has 6 heteroatoms. The average Bonchev–Trinajstić information content (AvgIpc) is 2.41. The summed E-state index contributed by atoms with van der Waals surface area (Å²) in [5, 5.41) is 10.1. The number of hydrogen-bond acceptors (Lipinski definition) is 2. The summed E-state index contributed by atoms with van der Waals surface area (Å²) >= 11 is 3.04. The summed E-state index contributed by atoms with van der Waals surface area (Å²) in [4.78, 5) is 0. The van der Waals surface area contributed by atoms with Crippen molar-refractivity contribution >= 4 is 15.9 Å². The fourth-order valence-corrected chi connectivity index (χ4v) is 2.10. The fourth-order valence-electron chi connectivity index (χ4n) is 1.71. The predicted octanol–water partition coefficient (Wildman–Crippen LogP) is 4.27. The second kappa shape index (κ2) is 6.28. The van der Waals surface area contributed by atoms with Gasteiger partial charge in [0.25, 0.3) is 0 Å². The van der Waals surface area contributed by atoms with Gasteiger partial charge in [-0.05, 0) is 51.3 Å². The van der Waals surface area contributed by atoms with Crippen molar-refractivity contribution in [3.8, 4) is 5.75 Å². The molecule has 106 valence electrons. The van der Waals surface area contributed by atoms with Crippen molar-refractivity contribution in [2.75, 3.05) is 0 Å². The molecule has 2 aromatic rings. The molecule has 20 heavy (non-hydrogen) atoms. The second-order valence-electron chi connectivity index (χ2n) is 4.02. The minimum absolute atomic E-state index is 0.0104. The van der Waals surface area contributed by atoms with Gasteiger partial charge in [-0.15, -0.1) is 0 Å². The highest BCUT2D eigenvalue weighted by Crippen LogP contribution is 2.27. The predicted molar refractivity (Wildman–Crippen MR) is 71.2 cm³/mol. The third kappa shape index (κ3) is 3.52. The van der Waals surface area contributed by atoms with Gasteiger partial charge in [-0.1, -0.05) is 18.2 Å². The van der Waals surface area contributed by atoms with E-state index in [9.17, 15) is 18.3 Å². The van der Waals surface area contributed by atoms with Crippen LogP contribution in [-0.4, -0.2) is 11.7 Å². The van der Waals surface area contributed by atoms with Gasteiger partial charge in [0.05, 0.1) is 4.47 Å². The summed E-state index contributed by atoms with van der Waals surface area (Å²) in [5.74, 6) is -0.419. The molecule has 2 nitrogen and oxygen atoms in total. The monoisotopic (exact) mass is 346 g/mol. The van der Waals surface area contributed by atoms with Gasteiger partial charge in [-0.25, -0.2) is 4.39 Å². The van der Waals surface area contributed by atoms with Crippen LogP contribution in [0.5, 0.6) is 5.75 Å². The molecule has 0 aliphatic carbocycles. The van der Waals surface area contributed by atoms with Crippen molar-refractivity contribution < 1.29 is 23.0 Å². The van der Waals surface area contributed by atoms with Crippen LogP contribution in [0.1, 0.15) is 17.2 Å². The first-order valence-corrected chi connectivity index (χ1v) is 6.44. The van der Waals surface area contributed by atoms with Crippen molar-refractivity contribution in [3.63, 3.8) is 0 Å². The first-order valence-electron chi connectivity index (χ1n) is 5.65. The van der Waals surface area contributed by atoms with Crippen LogP contribution in [-0.2, 0) is 0 Å². The molecular weight excluding hydrogens is 337 g/mol. The van der Waals surface area contributed by atoms with E-state index >= 15 is 0 Å². The number of benzene rings is 2. The van der Waals surface area contributed by atoms with E-state index < -0.39 is 18.5 Å². The lowest BCUT2D eigenvalue weighted by atomic mass is 10.0. The van der Waals surface area contributed by atoms with Crippen LogP contribution < -0.4 is 4.74 Å². The van der Waals surface area contributed by atoms with Gasteiger partial charge in [-0.3, -0.25) is 0 Å². The Hall–Kier alpha value is -1.53. The molecule has 0 radical (unpaired) electrons. The first-order chi connectivity index (χ1) is 9.47. The van der Waals surface area contributed by atoms with Gasteiger partial charge in [0.2, 0.25) is 0 Å². The Morgan fingerprint density at radius 1 is 1.00 bits per heavy atom. The van der Waals surface area contributed by atoms with Crippen LogP contribution in [0.4, 0.5) is 13.2 Å². The Morgan fingerprint density at radius 2 is 1.60 bits per heavy atom. The number of halogens is 4. The summed E-state index contributed by atoms with van der Waals surface area (Å²) < 4.78 is 41.6. The van der Waals surface area contributed by atoms with Crippen LogP contribution in [0.3, 0.4) is 0 Å². The minimum Gasteiger partial charge on any atom is -0.435 e. The molecule has 1 atom stereocenters. The molecule has 0 aromatic heterocycles. The highest BCUT2D eigenvalue weighted by molar-refractivity contribution is 9.10. The van der Waals surface area contributed by atoms with Crippen molar-refractivity contribution in [2.24, 2.45) is 0 Å². The van der Waals surface area contributed by atoms with Gasteiger partial charge < -0.3 is 9.84 Å². The molecule has 0 saturated carbocycles. The summed E-state index contributed by atoms with van der Waals surface area (Å²) in [7, 11) is 0. The Labute approximate surface area is 121 Å². The largest absolute Gasteiger partial charge is 0.435 e. The molecule has 0 bridgehead atoms. The lowest BCUT2D eigenvalue weighted by Crippen LogP contribution is -2.03. The molecule has 0 saturated heterocycles. The number of aliphatic hydroxyl groups excluding tert-OH is 1. The van der Waals surface area contributed by atoms with E-state index in [1.54, 1.807) is 0 Å². The summed E-state index contributed by atoms with van der Waals surface area (Å²) in [6.07, 6.45) is -0.979. The van der Waals surface area contributed by atoms with Gasteiger partial charge in [0, 0.05) is 0 Å². The Bertz CT molecular complexity index is 587. The Kier molecular flexibility index (Phi) is 4.67. The molecule has 2 aromatic carbocycles. The van der Waals surface area contributed by atoms with Gasteiger partial charge in [-0.2, -0.15) is 8.78 Å². The molecule has 1 N–H and O–H groups in total. The lowest BCUT2D eigenvalue weighted by molar-refractivity contribution is -0.0498.